The van der Waals surface area contributed by atoms with E-state index in [2.05, 4.69) is 12.2 Å². The molecule has 0 bridgehead atoms. The van der Waals surface area contributed by atoms with Crippen LogP contribution in [0.25, 0.3) is 0 Å². The predicted molar refractivity (Wildman–Crippen MR) is 66.4 cm³/mol. The zero-order valence-corrected chi connectivity index (χ0v) is 10.7. The number of anilines is 1. The summed E-state index contributed by atoms with van der Waals surface area (Å²) in [5, 5.41) is 4.12. The molecular formula is C12H18ClNO. The van der Waals surface area contributed by atoms with Crippen molar-refractivity contribution in [2.75, 3.05) is 19.0 Å². The molecule has 15 heavy (non-hydrogen) atoms. The van der Waals surface area contributed by atoms with Gasteiger partial charge in [0.1, 0.15) is 5.75 Å². The van der Waals surface area contributed by atoms with Crippen LogP contribution in [0.4, 0.5) is 5.69 Å². The highest BCUT2D eigenvalue weighted by molar-refractivity contribution is 6.32. The number of halogens is 1. The number of nitrogens with one attached hydrogen (secondary N) is 1. The van der Waals surface area contributed by atoms with Crippen molar-refractivity contribution in [1.82, 2.24) is 0 Å². The normalized spacial score (nSPS) is 10.3. The van der Waals surface area contributed by atoms with E-state index >= 15 is 0 Å². The highest BCUT2D eigenvalue weighted by Crippen LogP contribution is 2.39. The van der Waals surface area contributed by atoms with E-state index in [1.165, 1.54) is 0 Å². The van der Waals surface area contributed by atoms with Crippen LogP contribution in [-0.4, -0.2) is 13.7 Å². The minimum absolute atomic E-state index is 0.823. The van der Waals surface area contributed by atoms with E-state index in [1.807, 2.05) is 20.8 Å². The van der Waals surface area contributed by atoms with Gasteiger partial charge in [0.25, 0.3) is 0 Å². The van der Waals surface area contributed by atoms with E-state index in [0.29, 0.717) is 0 Å². The molecule has 84 valence electrons. The average molecular weight is 228 g/mol. The number of methoxy groups -OCH3 is 1. The third-order valence-corrected chi connectivity index (χ3v) is 3.29. The van der Waals surface area contributed by atoms with Gasteiger partial charge in [-0.1, -0.05) is 11.6 Å². The van der Waals surface area contributed by atoms with E-state index in [-0.39, 0.29) is 0 Å². The second-order valence-corrected chi connectivity index (χ2v) is 4.01. The van der Waals surface area contributed by atoms with Crippen LogP contribution in [-0.2, 0) is 0 Å². The van der Waals surface area contributed by atoms with Gasteiger partial charge in [-0.15, -0.1) is 0 Å². The molecule has 0 fully saturated rings. The maximum Gasteiger partial charge on any atom is 0.145 e. The second-order valence-electron chi connectivity index (χ2n) is 3.63. The Morgan fingerprint density at radius 1 is 1.13 bits per heavy atom. The summed E-state index contributed by atoms with van der Waals surface area (Å²) in [4.78, 5) is 0. The van der Waals surface area contributed by atoms with Crippen molar-refractivity contribution in [2.24, 2.45) is 0 Å². The number of benzene rings is 1. The Labute approximate surface area is 96.6 Å². The zero-order valence-electron chi connectivity index (χ0n) is 9.99. The van der Waals surface area contributed by atoms with E-state index in [0.717, 1.165) is 39.7 Å². The summed E-state index contributed by atoms with van der Waals surface area (Å²) >= 11 is 6.26. The third kappa shape index (κ3) is 2.05. The monoisotopic (exact) mass is 227 g/mol. The molecule has 0 unspecified atom stereocenters. The highest BCUT2D eigenvalue weighted by Gasteiger charge is 2.15. The Kier molecular flexibility index (Phi) is 3.86. The van der Waals surface area contributed by atoms with Crippen LogP contribution in [0.3, 0.4) is 0 Å². The lowest BCUT2D eigenvalue weighted by atomic mass is 10.0. The van der Waals surface area contributed by atoms with Gasteiger partial charge in [0, 0.05) is 11.6 Å². The molecule has 2 nitrogen and oxygen atoms in total. The van der Waals surface area contributed by atoms with Crippen molar-refractivity contribution in [3.63, 3.8) is 0 Å². The summed E-state index contributed by atoms with van der Waals surface area (Å²) in [6, 6.07) is 0. The lowest BCUT2D eigenvalue weighted by Crippen LogP contribution is -2.05. The summed E-state index contributed by atoms with van der Waals surface area (Å²) in [5.74, 6) is 0.899. The molecule has 0 aromatic heterocycles. The first kappa shape index (κ1) is 12.2. The van der Waals surface area contributed by atoms with Gasteiger partial charge < -0.3 is 10.1 Å². The van der Waals surface area contributed by atoms with Crippen LogP contribution < -0.4 is 10.1 Å². The Bertz CT molecular complexity index is 375. The van der Waals surface area contributed by atoms with Gasteiger partial charge in [-0.2, -0.15) is 0 Å². The molecule has 0 saturated heterocycles. The zero-order chi connectivity index (χ0) is 11.6. The minimum atomic E-state index is 0.823. The first-order valence-corrected chi connectivity index (χ1v) is 5.49. The maximum atomic E-state index is 6.26. The molecule has 0 heterocycles. The predicted octanol–water partition coefficient (Wildman–Crippen LogP) is 3.71. The standard InChI is InChI=1S/C12H18ClNO/c1-6-14-11-9(4)10(13)7(2)8(3)12(11)15-5/h14H,6H2,1-5H3. The summed E-state index contributed by atoms with van der Waals surface area (Å²) in [6.45, 7) is 8.97. The fourth-order valence-corrected chi connectivity index (χ4v) is 1.96. The fourth-order valence-electron chi connectivity index (χ4n) is 1.73. The number of rotatable bonds is 3. The molecule has 1 rings (SSSR count). The molecule has 0 aliphatic heterocycles. The van der Waals surface area contributed by atoms with Gasteiger partial charge >= 0.3 is 0 Å². The van der Waals surface area contributed by atoms with Gasteiger partial charge in [0.05, 0.1) is 12.8 Å². The fraction of sp³-hybridized carbons (Fsp3) is 0.500. The van der Waals surface area contributed by atoms with Gasteiger partial charge in [0.15, 0.2) is 0 Å². The quantitative estimate of drug-likeness (QED) is 0.850. The molecular weight excluding hydrogens is 210 g/mol. The van der Waals surface area contributed by atoms with Crippen LogP contribution in [0.2, 0.25) is 5.02 Å². The average Bonchev–Trinajstić information content (AvgIpc) is 2.24. The molecule has 0 aliphatic carbocycles. The van der Waals surface area contributed by atoms with Crippen molar-refractivity contribution in [1.29, 1.82) is 0 Å². The maximum absolute atomic E-state index is 6.26. The first-order valence-electron chi connectivity index (χ1n) is 5.11. The van der Waals surface area contributed by atoms with Crippen molar-refractivity contribution in [3.8, 4) is 5.75 Å². The molecule has 1 aromatic rings. The summed E-state index contributed by atoms with van der Waals surface area (Å²) in [6.07, 6.45) is 0. The Hall–Kier alpha value is -0.890. The van der Waals surface area contributed by atoms with Crippen LogP contribution in [0, 0.1) is 20.8 Å². The van der Waals surface area contributed by atoms with Crippen molar-refractivity contribution >= 4 is 17.3 Å². The molecule has 0 spiro atoms. The summed E-state index contributed by atoms with van der Waals surface area (Å²) < 4.78 is 5.42. The van der Waals surface area contributed by atoms with Gasteiger partial charge in [0.2, 0.25) is 0 Å². The van der Waals surface area contributed by atoms with E-state index in [4.69, 9.17) is 16.3 Å². The largest absolute Gasteiger partial charge is 0.494 e. The summed E-state index contributed by atoms with van der Waals surface area (Å²) in [7, 11) is 1.69. The van der Waals surface area contributed by atoms with Gasteiger partial charge in [-0.25, -0.2) is 0 Å². The van der Waals surface area contributed by atoms with E-state index in [1.54, 1.807) is 7.11 Å². The lowest BCUT2D eigenvalue weighted by Gasteiger charge is -2.19. The SMILES string of the molecule is CCNc1c(C)c(Cl)c(C)c(C)c1OC. The topological polar surface area (TPSA) is 21.3 Å². The van der Waals surface area contributed by atoms with E-state index in [9.17, 15) is 0 Å². The van der Waals surface area contributed by atoms with Crippen LogP contribution in [0.5, 0.6) is 5.75 Å². The molecule has 1 N–H and O–H groups in total. The van der Waals surface area contributed by atoms with Crippen LogP contribution >= 0.6 is 11.6 Å². The van der Waals surface area contributed by atoms with Gasteiger partial charge in [-0.05, 0) is 44.4 Å². The molecule has 0 amide bonds. The summed E-state index contributed by atoms with van der Waals surface area (Å²) in [5.41, 5.74) is 4.25. The van der Waals surface area contributed by atoms with Crippen molar-refractivity contribution in [3.05, 3.63) is 21.7 Å². The number of hydrogen-bond acceptors (Lipinski definition) is 2. The Morgan fingerprint density at radius 2 is 1.73 bits per heavy atom. The van der Waals surface area contributed by atoms with Crippen LogP contribution in [0.1, 0.15) is 23.6 Å². The lowest BCUT2D eigenvalue weighted by molar-refractivity contribution is 0.413. The number of ether oxygens (including phenoxy) is 1. The molecule has 0 saturated carbocycles. The molecule has 1 aromatic carbocycles. The molecule has 3 heteroatoms. The third-order valence-electron chi connectivity index (χ3n) is 2.72. The molecule has 0 radical (unpaired) electrons. The Balaban J connectivity index is 3.47. The van der Waals surface area contributed by atoms with Gasteiger partial charge in [-0.3, -0.25) is 0 Å². The first-order chi connectivity index (χ1) is 7.04. The van der Waals surface area contributed by atoms with E-state index < -0.39 is 0 Å². The number of hydrogen-bond donors (Lipinski definition) is 1. The smallest absolute Gasteiger partial charge is 0.145 e. The van der Waals surface area contributed by atoms with Crippen LogP contribution in [0.15, 0.2) is 0 Å². The molecule has 0 atom stereocenters. The van der Waals surface area contributed by atoms with Crippen molar-refractivity contribution in [2.45, 2.75) is 27.7 Å². The second kappa shape index (κ2) is 4.75. The highest BCUT2D eigenvalue weighted by atomic mass is 35.5. The van der Waals surface area contributed by atoms with Crippen molar-refractivity contribution < 1.29 is 4.74 Å². The Morgan fingerprint density at radius 3 is 2.20 bits per heavy atom. The minimum Gasteiger partial charge on any atom is -0.494 e. The molecule has 0 aliphatic rings.